The Morgan fingerprint density at radius 1 is 1.07 bits per heavy atom. The fourth-order valence-electron chi connectivity index (χ4n) is 2.99. The van der Waals surface area contributed by atoms with Crippen LogP contribution in [0.5, 0.6) is 0 Å². The largest absolute Gasteiger partial charge is 0.298 e. The molecule has 0 saturated heterocycles. The molecule has 29 heavy (non-hydrogen) atoms. The molecule has 0 aliphatic heterocycles. The lowest BCUT2D eigenvalue weighted by molar-refractivity contribution is 0.102. The average Bonchev–Trinajstić information content (AvgIpc) is 3.09. The molecule has 6 nitrogen and oxygen atoms in total. The minimum absolute atomic E-state index is 0.242. The van der Waals surface area contributed by atoms with Crippen LogP contribution in [0.1, 0.15) is 42.6 Å². The zero-order chi connectivity index (χ0) is 21.0. The van der Waals surface area contributed by atoms with Gasteiger partial charge in [-0.25, -0.2) is 13.4 Å². The predicted octanol–water partition coefficient (Wildman–Crippen LogP) is 4.67. The molecule has 1 aromatic heterocycles. The van der Waals surface area contributed by atoms with Crippen LogP contribution < -0.4 is 5.32 Å². The number of benzene rings is 2. The van der Waals surface area contributed by atoms with Gasteiger partial charge in [0.2, 0.25) is 10.0 Å². The normalized spacial score (nSPS) is 11.9. The van der Waals surface area contributed by atoms with Crippen LogP contribution in [0.4, 0.5) is 5.13 Å². The third-order valence-electron chi connectivity index (χ3n) is 4.48. The van der Waals surface area contributed by atoms with E-state index in [1.807, 2.05) is 32.9 Å². The summed E-state index contributed by atoms with van der Waals surface area (Å²) >= 11 is 1.27. The van der Waals surface area contributed by atoms with Gasteiger partial charge in [-0.3, -0.25) is 10.1 Å². The molecule has 1 heterocycles. The Balaban J connectivity index is 1.86. The molecule has 8 heteroatoms. The highest BCUT2D eigenvalue weighted by Crippen LogP contribution is 2.29. The van der Waals surface area contributed by atoms with E-state index in [2.05, 4.69) is 10.3 Å². The summed E-state index contributed by atoms with van der Waals surface area (Å²) < 4.78 is 28.2. The van der Waals surface area contributed by atoms with Gasteiger partial charge in [0.25, 0.3) is 5.91 Å². The van der Waals surface area contributed by atoms with Crippen molar-refractivity contribution in [3.05, 3.63) is 53.6 Å². The van der Waals surface area contributed by atoms with Crippen molar-refractivity contribution in [3.8, 4) is 0 Å². The summed E-state index contributed by atoms with van der Waals surface area (Å²) in [6, 6.07) is 12.2. The number of nitrogens with one attached hydrogen (secondary N) is 1. The molecule has 3 rings (SSSR count). The van der Waals surface area contributed by atoms with Crippen LogP contribution in [-0.4, -0.2) is 36.7 Å². The second-order valence-electron chi connectivity index (χ2n) is 6.87. The molecule has 1 amide bonds. The number of amides is 1. The Bertz CT molecular complexity index is 1100. The number of sulfonamides is 1. The molecule has 0 radical (unpaired) electrons. The summed E-state index contributed by atoms with van der Waals surface area (Å²) in [6.07, 6.45) is 1.52. The van der Waals surface area contributed by atoms with E-state index in [9.17, 15) is 13.2 Å². The lowest BCUT2D eigenvalue weighted by Gasteiger charge is -2.20. The van der Waals surface area contributed by atoms with E-state index in [4.69, 9.17) is 0 Å². The highest BCUT2D eigenvalue weighted by molar-refractivity contribution is 7.89. The minimum Gasteiger partial charge on any atom is -0.298 e. The number of carbonyl (C=O) groups excluding carboxylic acids is 1. The number of anilines is 1. The topological polar surface area (TPSA) is 79.4 Å². The van der Waals surface area contributed by atoms with Crippen molar-refractivity contribution in [2.24, 2.45) is 0 Å². The van der Waals surface area contributed by atoms with Crippen LogP contribution >= 0.6 is 11.3 Å². The number of hydrogen-bond acceptors (Lipinski definition) is 5. The molecule has 0 atom stereocenters. The van der Waals surface area contributed by atoms with Gasteiger partial charge in [-0.05, 0) is 50.1 Å². The Hall–Kier alpha value is -2.29. The van der Waals surface area contributed by atoms with E-state index in [0.29, 0.717) is 29.3 Å². The van der Waals surface area contributed by atoms with Crippen LogP contribution in [0.3, 0.4) is 0 Å². The molecule has 0 saturated carbocycles. The Morgan fingerprint density at radius 2 is 1.72 bits per heavy atom. The quantitative estimate of drug-likeness (QED) is 0.562. The number of fused-ring (bicyclic) bond motifs is 1. The fourth-order valence-corrected chi connectivity index (χ4v) is 5.62. The summed E-state index contributed by atoms with van der Waals surface area (Å²) in [5, 5.41) is 3.24. The zero-order valence-corrected chi connectivity index (χ0v) is 18.4. The number of rotatable bonds is 8. The zero-order valence-electron chi connectivity index (χ0n) is 16.8. The van der Waals surface area contributed by atoms with E-state index < -0.39 is 10.0 Å². The highest BCUT2D eigenvalue weighted by Gasteiger charge is 2.24. The maximum atomic E-state index is 13.0. The van der Waals surface area contributed by atoms with Gasteiger partial charge >= 0.3 is 0 Å². The van der Waals surface area contributed by atoms with Crippen molar-refractivity contribution in [2.75, 3.05) is 18.4 Å². The summed E-state index contributed by atoms with van der Waals surface area (Å²) in [5.74, 6) is -0.242. The molecule has 1 N–H and O–H groups in total. The van der Waals surface area contributed by atoms with Crippen LogP contribution in [0.25, 0.3) is 10.2 Å². The molecule has 0 unspecified atom stereocenters. The van der Waals surface area contributed by atoms with Crippen LogP contribution in [-0.2, 0) is 10.0 Å². The van der Waals surface area contributed by atoms with Gasteiger partial charge in [-0.2, -0.15) is 4.31 Å². The Labute approximate surface area is 175 Å². The summed E-state index contributed by atoms with van der Waals surface area (Å²) in [4.78, 5) is 17.1. The van der Waals surface area contributed by atoms with Crippen molar-refractivity contribution < 1.29 is 13.2 Å². The molecule has 0 fully saturated rings. The number of thiazole rings is 1. The van der Waals surface area contributed by atoms with E-state index in [-0.39, 0.29) is 10.8 Å². The first-order chi connectivity index (χ1) is 13.8. The number of nitrogens with zero attached hydrogens (tertiary/aromatic N) is 2. The van der Waals surface area contributed by atoms with Crippen molar-refractivity contribution in [1.82, 2.24) is 9.29 Å². The maximum absolute atomic E-state index is 13.0. The van der Waals surface area contributed by atoms with Gasteiger partial charge in [0.15, 0.2) is 5.13 Å². The fraction of sp³-hybridized carbons (Fsp3) is 0.333. The molecule has 0 aliphatic rings. The number of aryl methyl sites for hydroxylation is 1. The maximum Gasteiger partial charge on any atom is 0.257 e. The molecule has 0 aliphatic carbocycles. The van der Waals surface area contributed by atoms with Gasteiger partial charge in [-0.1, -0.05) is 42.9 Å². The van der Waals surface area contributed by atoms with E-state index in [0.717, 1.165) is 23.1 Å². The first-order valence-corrected chi connectivity index (χ1v) is 11.9. The summed E-state index contributed by atoms with van der Waals surface area (Å²) in [6.45, 7) is 6.88. The first kappa shape index (κ1) is 21.4. The van der Waals surface area contributed by atoms with E-state index in [1.165, 1.54) is 15.6 Å². The molecular formula is C21H25N3O3S2. The molecule has 0 spiro atoms. The standard InChI is InChI=1S/C21H25N3O3S2/c1-4-12-24(13-5-2)29(26,27)17-10-11-18-19(14-17)28-21(22-18)23-20(25)16-8-6-15(3)7-9-16/h6-11,14H,4-5,12-13H2,1-3H3,(H,22,23,25). The van der Waals surface area contributed by atoms with E-state index >= 15 is 0 Å². The SMILES string of the molecule is CCCN(CCC)S(=O)(=O)c1ccc2nc(NC(=O)c3ccc(C)cc3)sc2c1. The van der Waals surface area contributed by atoms with Crippen LogP contribution in [0.15, 0.2) is 47.4 Å². The number of carbonyl (C=O) groups is 1. The van der Waals surface area contributed by atoms with Gasteiger partial charge in [0.1, 0.15) is 0 Å². The van der Waals surface area contributed by atoms with Crippen molar-refractivity contribution >= 4 is 42.6 Å². The van der Waals surface area contributed by atoms with E-state index in [1.54, 1.807) is 30.3 Å². The Morgan fingerprint density at radius 3 is 2.34 bits per heavy atom. The van der Waals surface area contributed by atoms with Crippen LogP contribution in [0, 0.1) is 6.92 Å². The minimum atomic E-state index is -3.55. The van der Waals surface area contributed by atoms with Gasteiger partial charge in [0, 0.05) is 18.7 Å². The predicted molar refractivity (Wildman–Crippen MR) is 118 cm³/mol. The first-order valence-electron chi connectivity index (χ1n) is 9.64. The van der Waals surface area contributed by atoms with Crippen molar-refractivity contribution in [3.63, 3.8) is 0 Å². The molecule has 2 aromatic carbocycles. The molecule has 0 bridgehead atoms. The summed E-state index contributed by atoms with van der Waals surface area (Å²) in [5.41, 5.74) is 2.29. The lowest BCUT2D eigenvalue weighted by Crippen LogP contribution is -2.32. The Kier molecular flexibility index (Phi) is 6.66. The second kappa shape index (κ2) is 9.02. The third-order valence-corrected chi connectivity index (χ3v) is 7.31. The number of aromatic nitrogens is 1. The molecular weight excluding hydrogens is 406 g/mol. The van der Waals surface area contributed by atoms with Crippen molar-refractivity contribution in [1.29, 1.82) is 0 Å². The lowest BCUT2D eigenvalue weighted by atomic mass is 10.1. The highest BCUT2D eigenvalue weighted by atomic mass is 32.2. The summed E-state index contributed by atoms with van der Waals surface area (Å²) in [7, 11) is -3.55. The smallest absolute Gasteiger partial charge is 0.257 e. The van der Waals surface area contributed by atoms with Gasteiger partial charge < -0.3 is 0 Å². The average molecular weight is 432 g/mol. The van der Waals surface area contributed by atoms with Gasteiger partial charge in [0.05, 0.1) is 15.1 Å². The monoisotopic (exact) mass is 431 g/mol. The molecule has 154 valence electrons. The van der Waals surface area contributed by atoms with Gasteiger partial charge in [-0.15, -0.1) is 0 Å². The number of hydrogen-bond donors (Lipinski definition) is 1. The second-order valence-corrected chi connectivity index (χ2v) is 9.84. The van der Waals surface area contributed by atoms with Crippen LogP contribution in [0.2, 0.25) is 0 Å². The molecule has 3 aromatic rings. The van der Waals surface area contributed by atoms with Crippen molar-refractivity contribution in [2.45, 2.75) is 38.5 Å². The third kappa shape index (κ3) is 4.83.